The monoisotopic (exact) mass is 570 g/mol. The van der Waals surface area contributed by atoms with Gasteiger partial charge in [-0.3, -0.25) is 9.59 Å². The van der Waals surface area contributed by atoms with Gasteiger partial charge in [0.05, 0.1) is 35.0 Å². The summed E-state index contributed by atoms with van der Waals surface area (Å²) in [5, 5.41) is 0. The van der Waals surface area contributed by atoms with E-state index in [-0.39, 0.29) is 29.8 Å². The van der Waals surface area contributed by atoms with Gasteiger partial charge in [-0.1, -0.05) is 36.1 Å². The van der Waals surface area contributed by atoms with E-state index in [9.17, 15) is 9.59 Å². The fourth-order valence-corrected chi connectivity index (χ4v) is 6.51. The van der Waals surface area contributed by atoms with E-state index >= 15 is 0 Å². The van der Waals surface area contributed by atoms with E-state index in [0.717, 1.165) is 102 Å². The Hall–Kier alpha value is -4.64. The van der Waals surface area contributed by atoms with Crippen molar-refractivity contribution in [3.05, 3.63) is 83.6 Å². The predicted octanol–water partition coefficient (Wildman–Crippen LogP) is 5.67. The topological polar surface area (TPSA) is 98.0 Å². The van der Waals surface area contributed by atoms with Crippen LogP contribution in [0.1, 0.15) is 79.8 Å². The molecule has 2 atom stereocenters. The first-order chi connectivity index (χ1) is 21.0. The first-order valence-electron chi connectivity index (χ1n) is 15.4. The number of aromatic amines is 2. The van der Waals surface area contributed by atoms with E-state index < -0.39 is 0 Å². The number of likely N-dealkylation sites (tertiary alicyclic amines) is 2. The molecule has 8 heteroatoms. The number of rotatable bonds is 5. The van der Waals surface area contributed by atoms with Crippen LogP contribution in [0.2, 0.25) is 0 Å². The number of aromatic nitrogens is 4. The van der Waals surface area contributed by atoms with Gasteiger partial charge in [-0.05, 0) is 80.8 Å². The maximum Gasteiger partial charge on any atom is 0.226 e. The average Bonchev–Trinajstić information content (AvgIpc) is 3.84. The summed E-state index contributed by atoms with van der Waals surface area (Å²) in [4.78, 5) is 45.9. The lowest BCUT2D eigenvalue weighted by molar-refractivity contribution is -0.134. The first-order valence-corrected chi connectivity index (χ1v) is 15.4. The Balaban J connectivity index is 0.965. The molecular weight excluding hydrogens is 536 g/mol. The molecule has 0 unspecified atom stereocenters. The molecule has 0 bridgehead atoms. The Labute approximate surface area is 250 Å². The molecule has 2 amide bonds. The summed E-state index contributed by atoms with van der Waals surface area (Å²) in [5.41, 5.74) is 6.67. The second kappa shape index (κ2) is 10.3. The molecule has 43 heavy (non-hydrogen) atoms. The average molecular weight is 571 g/mol. The van der Waals surface area contributed by atoms with Crippen molar-refractivity contribution in [2.24, 2.45) is 11.8 Å². The van der Waals surface area contributed by atoms with Crippen molar-refractivity contribution < 1.29 is 9.59 Å². The van der Waals surface area contributed by atoms with Crippen LogP contribution in [0.3, 0.4) is 0 Å². The van der Waals surface area contributed by atoms with E-state index in [1.807, 2.05) is 46.3 Å². The Morgan fingerprint density at radius 1 is 0.837 bits per heavy atom. The van der Waals surface area contributed by atoms with Crippen LogP contribution in [-0.2, 0) is 9.59 Å². The molecule has 8 rings (SSSR count). The highest BCUT2D eigenvalue weighted by molar-refractivity contribution is 5.83. The minimum Gasteiger partial charge on any atom is -0.340 e. The molecule has 4 aliphatic rings. The Morgan fingerprint density at radius 2 is 1.56 bits per heavy atom. The highest BCUT2D eigenvalue weighted by Crippen LogP contribution is 2.40. The molecule has 0 spiro atoms. The lowest BCUT2D eigenvalue weighted by atomic mass is 10.1. The normalized spacial score (nSPS) is 21.8. The molecule has 4 fully saturated rings. The number of hydrogen-bond acceptors (Lipinski definition) is 4. The number of nitrogens with one attached hydrogen (secondary N) is 2. The van der Waals surface area contributed by atoms with Crippen molar-refractivity contribution in [2.75, 3.05) is 13.1 Å². The van der Waals surface area contributed by atoms with Gasteiger partial charge in [0.2, 0.25) is 11.8 Å². The molecule has 216 valence electrons. The number of amides is 2. The van der Waals surface area contributed by atoms with Gasteiger partial charge >= 0.3 is 0 Å². The van der Waals surface area contributed by atoms with Crippen LogP contribution < -0.4 is 0 Å². The summed E-state index contributed by atoms with van der Waals surface area (Å²) in [7, 11) is 0. The third kappa shape index (κ3) is 5.03. The number of carbonyl (C=O) groups is 2. The van der Waals surface area contributed by atoms with Crippen molar-refractivity contribution in [1.29, 1.82) is 0 Å². The standard InChI is InChI=1S/C35H34N6O2/c1-21-17-31(41(20-21)35(43)26-13-14-26)33-37-27-15-8-23(18-28(27)38-33)5-4-22-6-9-24(10-7-22)29-19-36-32(39-29)30-3-2-16-40(30)34(42)25-11-12-25/h6-10,15,18-19,25-26,30-31H,1-3,11-14,16-17,20H2,(H,36,39)(H,37,38)/t30-,31-/m0/s1. The van der Waals surface area contributed by atoms with Gasteiger partial charge in [0.25, 0.3) is 0 Å². The number of fused-ring (bicyclic) bond motifs is 1. The fourth-order valence-electron chi connectivity index (χ4n) is 6.51. The van der Waals surface area contributed by atoms with Gasteiger partial charge < -0.3 is 19.8 Å². The van der Waals surface area contributed by atoms with Crippen molar-refractivity contribution in [1.82, 2.24) is 29.7 Å². The van der Waals surface area contributed by atoms with E-state index in [0.29, 0.717) is 12.5 Å². The van der Waals surface area contributed by atoms with Crippen LogP contribution in [0, 0.1) is 23.7 Å². The van der Waals surface area contributed by atoms with E-state index in [1.54, 1.807) is 0 Å². The van der Waals surface area contributed by atoms with Crippen LogP contribution in [0.5, 0.6) is 0 Å². The summed E-state index contributed by atoms with van der Waals surface area (Å²) in [5.74, 6) is 9.20. The van der Waals surface area contributed by atoms with E-state index in [1.165, 1.54) is 0 Å². The molecular formula is C35H34N6O2. The molecule has 2 saturated carbocycles. The number of H-pyrrole nitrogens is 2. The smallest absolute Gasteiger partial charge is 0.226 e. The zero-order valence-electron chi connectivity index (χ0n) is 24.1. The molecule has 2 aromatic carbocycles. The van der Waals surface area contributed by atoms with Crippen LogP contribution in [0.25, 0.3) is 22.3 Å². The second-order valence-corrected chi connectivity index (χ2v) is 12.5. The van der Waals surface area contributed by atoms with Crippen LogP contribution in [-0.4, -0.2) is 54.6 Å². The summed E-state index contributed by atoms with van der Waals surface area (Å²) in [6, 6.07) is 14.1. The van der Waals surface area contributed by atoms with Gasteiger partial charge in [0, 0.05) is 36.1 Å². The third-order valence-corrected chi connectivity index (χ3v) is 9.20. The number of nitrogens with zero attached hydrogens (tertiary/aromatic N) is 4. The van der Waals surface area contributed by atoms with Gasteiger partial charge in [-0.25, -0.2) is 9.97 Å². The molecule has 2 aromatic heterocycles. The van der Waals surface area contributed by atoms with Gasteiger partial charge in [-0.15, -0.1) is 0 Å². The fraction of sp³-hybridized carbons (Fsp3) is 0.371. The molecule has 8 nitrogen and oxygen atoms in total. The van der Waals surface area contributed by atoms with Crippen LogP contribution in [0.15, 0.2) is 60.8 Å². The third-order valence-electron chi connectivity index (χ3n) is 9.20. The van der Waals surface area contributed by atoms with Gasteiger partial charge in [-0.2, -0.15) is 0 Å². The SMILES string of the molecule is C=C1C[C@@H](c2nc3ccc(C#Cc4ccc(-c5cnc([C@@H]6CCCN6C(=O)C6CC6)[nH]5)cc4)cc3[nH]2)N(C(=O)C2CC2)C1. The van der Waals surface area contributed by atoms with Gasteiger partial charge in [0.15, 0.2) is 0 Å². The summed E-state index contributed by atoms with van der Waals surface area (Å²) in [6.45, 7) is 5.59. The number of carbonyl (C=O) groups excluding carboxylic acids is 2. The Bertz CT molecular complexity index is 1810. The second-order valence-electron chi connectivity index (χ2n) is 12.5. The summed E-state index contributed by atoms with van der Waals surface area (Å²) in [6.07, 6.45) is 8.64. The molecule has 2 N–H and O–H groups in total. The zero-order valence-corrected chi connectivity index (χ0v) is 24.1. The molecule has 2 saturated heterocycles. The minimum atomic E-state index is -0.0747. The maximum atomic E-state index is 12.8. The molecule has 4 heterocycles. The highest BCUT2D eigenvalue weighted by atomic mass is 16.2. The van der Waals surface area contributed by atoms with Crippen LogP contribution in [0.4, 0.5) is 0 Å². The van der Waals surface area contributed by atoms with Crippen LogP contribution >= 0.6 is 0 Å². The minimum absolute atomic E-state index is 0.0528. The Kier molecular flexibility index (Phi) is 6.21. The quantitative estimate of drug-likeness (QED) is 0.239. The van der Waals surface area contributed by atoms with Crippen molar-refractivity contribution in [2.45, 2.75) is 57.0 Å². The zero-order chi connectivity index (χ0) is 29.1. The van der Waals surface area contributed by atoms with E-state index in [2.05, 4.69) is 45.5 Å². The highest BCUT2D eigenvalue weighted by Gasteiger charge is 2.41. The molecule has 2 aliphatic heterocycles. The summed E-state index contributed by atoms with van der Waals surface area (Å²) < 4.78 is 0. The number of hydrogen-bond donors (Lipinski definition) is 2. The maximum absolute atomic E-state index is 12.8. The van der Waals surface area contributed by atoms with Crippen molar-refractivity contribution in [3.8, 4) is 23.1 Å². The van der Waals surface area contributed by atoms with Gasteiger partial charge in [0.1, 0.15) is 11.6 Å². The van der Waals surface area contributed by atoms with Crippen molar-refractivity contribution >= 4 is 22.8 Å². The molecule has 4 aromatic rings. The van der Waals surface area contributed by atoms with Crippen molar-refractivity contribution in [3.63, 3.8) is 0 Å². The van der Waals surface area contributed by atoms with E-state index in [4.69, 9.17) is 4.98 Å². The summed E-state index contributed by atoms with van der Waals surface area (Å²) >= 11 is 0. The largest absolute Gasteiger partial charge is 0.340 e. The lowest BCUT2D eigenvalue weighted by Crippen LogP contribution is -2.32. The molecule has 0 radical (unpaired) electrons. The molecule has 2 aliphatic carbocycles. The first kappa shape index (κ1) is 26.0. The predicted molar refractivity (Wildman–Crippen MR) is 163 cm³/mol. The lowest BCUT2D eigenvalue weighted by Gasteiger charge is -2.23. The Morgan fingerprint density at radius 3 is 2.33 bits per heavy atom. The number of benzene rings is 2. The number of imidazole rings is 2.